The number of anilines is 1. The molecule has 5 rings (SSSR count). The van der Waals surface area contributed by atoms with E-state index in [4.69, 9.17) is 9.15 Å². The van der Waals surface area contributed by atoms with E-state index in [1.54, 1.807) is 12.1 Å². The molecule has 3 heterocycles. The van der Waals surface area contributed by atoms with Gasteiger partial charge in [0, 0.05) is 17.3 Å². The number of oxazole rings is 1. The molecular weight excluding hydrogens is 284 g/mol. The van der Waals surface area contributed by atoms with Crippen LogP contribution in [0.5, 0.6) is 5.75 Å². The van der Waals surface area contributed by atoms with Crippen LogP contribution >= 0.6 is 0 Å². The predicted molar refractivity (Wildman–Crippen MR) is 78.2 cm³/mol. The van der Waals surface area contributed by atoms with E-state index in [-0.39, 0.29) is 12.5 Å². The van der Waals surface area contributed by atoms with Gasteiger partial charge < -0.3 is 14.5 Å². The van der Waals surface area contributed by atoms with E-state index in [0.29, 0.717) is 16.8 Å². The average Bonchev–Trinajstić information content (AvgIpc) is 3.13. The van der Waals surface area contributed by atoms with E-state index >= 15 is 0 Å². The Bertz CT molecular complexity index is 1020. The molecule has 0 fully saturated rings. The summed E-state index contributed by atoms with van der Waals surface area (Å²) < 4.78 is 10.9. The van der Waals surface area contributed by atoms with Crippen molar-refractivity contribution in [3.8, 4) is 5.75 Å². The van der Waals surface area contributed by atoms with E-state index in [0.717, 1.165) is 16.8 Å². The number of carbonyl (C=O) groups excluding carboxylic acids is 1. The fourth-order valence-corrected chi connectivity index (χ4v) is 3.42. The van der Waals surface area contributed by atoms with Gasteiger partial charge in [0.2, 0.25) is 5.91 Å². The number of aromatic nitrogens is 1. The van der Waals surface area contributed by atoms with Crippen LogP contribution in [0.3, 0.4) is 0 Å². The van der Waals surface area contributed by atoms with Gasteiger partial charge in [-0.3, -0.25) is 9.78 Å². The normalized spacial score (nSPS) is 21.7. The zero-order valence-corrected chi connectivity index (χ0v) is 11.3. The molecule has 1 atom stereocenters. The number of carbonyl (C=O) groups is 1. The van der Waals surface area contributed by atoms with Crippen LogP contribution in [0.15, 0.2) is 45.6 Å². The number of rotatable bonds is 0. The highest BCUT2D eigenvalue weighted by Gasteiger charge is 2.54. The van der Waals surface area contributed by atoms with E-state index in [9.17, 15) is 9.59 Å². The molecule has 2 aromatic carbocycles. The summed E-state index contributed by atoms with van der Waals surface area (Å²) in [5.41, 5.74) is 2.51. The first-order valence-electron chi connectivity index (χ1n) is 6.89. The van der Waals surface area contributed by atoms with Gasteiger partial charge in [-0.2, -0.15) is 0 Å². The van der Waals surface area contributed by atoms with Gasteiger partial charge in [-0.1, -0.05) is 18.2 Å². The molecule has 0 saturated heterocycles. The third-order valence-corrected chi connectivity index (χ3v) is 4.45. The number of para-hydroxylation sites is 1. The van der Waals surface area contributed by atoms with Gasteiger partial charge in [0.15, 0.2) is 5.58 Å². The Kier molecular flexibility index (Phi) is 1.90. The molecule has 2 N–H and O–H groups in total. The third-order valence-electron chi connectivity index (χ3n) is 4.45. The molecule has 6 nitrogen and oxygen atoms in total. The van der Waals surface area contributed by atoms with Crippen LogP contribution in [-0.4, -0.2) is 17.5 Å². The van der Waals surface area contributed by atoms with Gasteiger partial charge >= 0.3 is 5.76 Å². The van der Waals surface area contributed by atoms with Crippen LogP contribution in [0.2, 0.25) is 0 Å². The molecule has 0 saturated carbocycles. The van der Waals surface area contributed by atoms with Crippen LogP contribution in [0, 0.1) is 0 Å². The highest BCUT2D eigenvalue weighted by atomic mass is 16.5. The highest BCUT2D eigenvalue weighted by Crippen LogP contribution is 2.50. The lowest BCUT2D eigenvalue weighted by Gasteiger charge is -2.19. The van der Waals surface area contributed by atoms with Crippen molar-refractivity contribution < 1.29 is 13.9 Å². The molecule has 3 aromatic rings. The zero-order chi connectivity index (χ0) is 14.9. The van der Waals surface area contributed by atoms with Gasteiger partial charge in [0.1, 0.15) is 17.8 Å². The monoisotopic (exact) mass is 294 g/mol. The molecule has 0 aliphatic carbocycles. The minimum atomic E-state index is -0.879. The first-order valence-corrected chi connectivity index (χ1v) is 6.89. The summed E-state index contributed by atoms with van der Waals surface area (Å²) in [6.45, 7) is 0.238. The van der Waals surface area contributed by atoms with Crippen LogP contribution in [-0.2, 0) is 10.2 Å². The molecule has 6 heteroatoms. The van der Waals surface area contributed by atoms with Crippen molar-refractivity contribution in [1.82, 2.24) is 4.98 Å². The van der Waals surface area contributed by atoms with Gasteiger partial charge in [-0.05, 0) is 17.7 Å². The summed E-state index contributed by atoms with van der Waals surface area (Å²) in [4.78, 5) is 26.6. The quantitative estimate of drug-likeness (QED) is 0.661. The molecule has 2 aliphatic heterocycles. The Labute approximate surface area is 123 Å². The van der Waals surface area contributed by atoms with Crippen molar-refractivity contribution in [2.45, 2.75) is 5.41 Å². The van der Waals surface area contributed by atoms with Crippen LogP contribution in [0.1, 0.15) is 11.1 Å². The number of hydrogen-bond donors (Lipinski definition) is 2. The van der Waals surface area contributed by atoms with Crippen molar-refractivity contribution in [2.24, 2.45) is 0 Å². The molecule has 1 spiro atoms. The zero-order valence-electron chi connectivity index (χ0n) is 11.3. The Morgan fingerprint density at radius 3 is 2.86 bits per heavy atom. The van der Waals surface area contributed by atoms with E-state index < -0.39 is 11.2 Å². The third kappa shape index (κ3) is 1.21. The van der Waals surface area contributed by atoms with Gasteiger partial charge in [-0.15, -0.1) is 0 Å². The number of ether oxygens (including phenoxy) is 1. The Hall–Kier alpha value is -3.02. The summed E-state index contributed by atoms with van der Waals surface area (Å²) in [6.07, 6.45) is 0. The van der Waals surface area contributed by atoms with Crippen molar-refractivity contribution in [2.75, 3.05) is 11.9 Å². The molecule has 1 unspecified atom stereocenters. The molecule has 1 amide bonds. The maximum atomic E-state index is 12.7. The summed E-state index contributed by atoms with van der Waals surface area (Å²) in [7, 11) is 0. The second-order valence-electron chi connectivity index (χ2n) is 5.55. The maximum Gasteiger partial charge on any atom is 0.417 e. The molecule has 0 radical (unpaired) electrons. The predicted octanol–water partition coefficient (Wildman–Crippen LogP) is 1.75. The largest absolute Gasteiger partial charge is 0.491 e. The summed E-state index contributed by atoms with van der Waals surface area (Å²) in [5, 5.41) is 2.91. The Morgan fingerprint density at radius 2 is 1.95 bits per heavy atom. The lowest BCUT2D eigenvalue weighted by atomic mass is 9.77. The number of hydrogen-bond acceptors (Lipinski definition) is 4. The second-order valence-corrected chi connectivity index (χ2v) is 5.55. The molecule has 22 heavy (non-hydrogen) atoms. The summed E-state index contributed by atoms with van der Waals surface area (Å²) in [6, 6.07) is 11.0. The minimum absolute atomic E-state index is 0.121. The number of fused-ring (bicyclic) bond motifs is 5. The number of nitrogens with one attached hydrogen (secondary N) is 2. The van der Waals surface area contributed by atoms with Crippen molar-refractivity contribution in [3.05, 3.63) is 58.1 Å². The van der Waals surface area contributed by atoms with Crippen molar-refractivity contribution in [3.63, 3.8) is 0 Å². The topological polar surface area (TPSA) is 84.3 Å². The Balaban J connectivity index is 1.85. The summed E-state index contributed by atoms with van der Waals surface area (Å²) >= 11 is 0. The standard InChI is InChI=1S/C16H10N2O4/c19-14-16(8-3-1-2-4-10(8)17-14)7-21-12-6-11-13(5-9(12)16)22-15(20)18-11/h1-6H,7H2,(H,17,19)(H,18,20). The van der Waals surface area contributed by atoms with E-state index in [2.05, 4.69) is 10.3 Å². The maximum absolute atomic E-state index is 12.7. The Morgan fingerprint density at radius 1 is 1.09 bits per heavy atom. The number of H-pyrrole nitrogens is 1. The molecule has 1 aromatic heterocycles. The lowest BCUT2D eigenvalue weighted by Crippen LogP contribution is -2.37. The van der Waals surface area contributed by atoms with Crippen molar-refractivity contribution in [1.29, 1.82) is 0 Å². The lowest BCUT2D eigenvalue weighted by molar-refractivity contribution is -0.119. The second kappa shape index (κ2) is 3.59. The highest BCUT2D eigenvalue weighted by molar-refractivity contribution is 6.10. The smallest absolute Gasteiger partial charge is 0.417 e. The fourth-order valence-electron chi connectivity index (χ4n) is 3.42. The van der Waals surface area contributed by atoms with Crippen molar-refractivity contribution >= 4 is 22.7 Å². The van der Waals surface area contributed by atoms with Crippen LogP contribution in [0.25, 0.3) is 11.1 Å². The first kappa shape index (κ1) is 11.6. The van der Waals surface area contributed by atoms with Gasteiger partial charge in [-0.25, -0.2) is 4.79 Å². The molecule has 2 aliphatic rings. The van der Waals surface area contributed by atoms with Crippen LogP contribution in [0.4, 0.5) is 5.69 Å². The number of amides is 1. The number of benzene rings is 2. The first-order chi connectivity index (χ1) is 10.7. The SMILES string of the molecule is O=C1Nc2ccccc2C12COc1cc3[nH]c(=O)oc3cc12. The van der Waals surface area contributed by atoms with Crippen LogP contribution < -0.4 is 15.8 Å². The average molecular weight is 294 g/mol. The molecule has 108 valence electrons. The summed E-state index contributed by atoms with van der Waals surface area (Å²) in [5.74, 6) is -0.0508. The van der Waals surface area contributed by atoms with E-state index in [1.165, 1.54) is 0 Å². The fraction of sp³-hybridized carbons (Fsp3) is 0.125. The number of aromatic amines is 1. The van der Waals surface area contributed by atoms with Gasteiger partial charge in [0.25, 0.3) is 0 Å². The minimum Gasteiger partial charge on any atom is -0.491 e. The molecular formula is C16H10N2O4. The molecule has 0 bridgehead atoms. The van der Waals surface area contributed by atoms with Gasteiger partial charge in [0.05, 0.1) is 5.52 Å². The van der Waals surface area contributed by atoms with E-state index in [1.807, 2.05) is 24.3 Å².